The van der Waals surface area contributed by atoms with E-state index in [2.05, 4.69) is 23.2 Å². The minimum atomic E-state index is 0.743. The van der Waals surface area contributed by atoms with Gasteiger partial charge in [-0.3, -0.25) is 0 Å². The minimum absolute atomic E-state index is 0.743. The standard InChI is InChI=1S/C16H23N3/c1-13-5-8-19(9-6-13)10-7-18-16-4-3-14(2)11-15(16)12-17/h3-4,11,13,18H,5-10H2,1-2H3. The molecule has 19 heavy (non-hydrogen) atoms. The highest BCUT2D eigenvalue weighted by Gasteiger charge is 2.14. The molecule has 0 bridgehead atoms. The van der Waals surface area contributed by atoms with Gasteiger partial charge in [-0.2, -0.15) is 5.26 Å². The van der Waals surface area contributed by atoms with Gasteiger partial charge in [-0.25, -0.2) is 0 Å². The quantitative estimate of drug-likeness (QED) is 0.901. The Morgan fingerprint density at radius 2 is 2.11 bits per heavy atom. The van der Waals surface area contributed by atoms with Gasteiger partial charge >= 0.3 is 0 Å². The predicted molar refractivity (Wildman–Crippen MR) is 79.2 cm³/mol. The second-order valence-corrected chi connectivity index (χ2v) is 5.61. The van der Waals surface area contributed by atoms with Crippen molar-refractivity contribution < 1.29 is 0 Å². The van der Waals surface area contributed by atoms with Crippen molar-refractivity contribution in [3.63, 3.8) is 0 Å². The summed E-state index contributed by atoms with van der Waals surface area (Å²) < 4.78 is 0. The third kappa shape index (κ3) is 3.97. The van der Waals surface area contributed by atoms with E-state index in [4.69, 9.17) is 5.26 Å². The van der Waals surface area contributed by atoms with Crippen LogP contribution in [0.4, 0.5) is 5.69 Å². The zero-order valence-corrected chi connectivity index (χ0v) is 11.9. The molecule has 102 valence electrons. The van der Waals surface area contributed by atoms with Gasteiger partial charge in [0.1, 0.15) is 6.07 Å². The molecule has 0 spiro atoms. The largest absolute Gasteiger partial charge is 0.383 e. The lowest BCUT2D eigenvalue weighted by molar-refractivity contribution is 0.199. The summed E-state index contributed by atoms with van der Waals surface area (Å²) in [6.45, 7) is 8.74. The molecule has 1 fully saturated rings. The fourth-order valence-electron chi connectivity index (χ4n) is 2.54. The second kappa shape index (κ2) is 6.58. The average molecular weight is 257 g/mol. The van der Waals surface area contributed by atoms with Gasteiger partial charge in [0, 0.05) is 13.1 Å². The fourth-order valence-corrected chi connectivity index (χ4v) is 2.54. The van der Waals surface area contributed by atoms with E-state index < -0.39 is 0 Å². The first-order valence-corrected chi connectivity index (χ1v) is 7.16. The van der Waals surface area contributed by atoms with E-state index >= 15 is 0 Å². The van der Waals surface area contributed by atoms with Crippen molar-refractivity contribution in [2.45, 2.75) is 26.7 Å². The number of nitrogens with zero attached hydrogens (tertiary/aromatic N) is 2. The maximum atomic E-state index is 9.12. The molecule has 0 atom stereocenters. The molecular formula is C16H23N3. The van der Waals surface area contributed by atoms with E-state index in [0.29, 0.717) is 0 Å². The molecule has 0 saturated carbocycles. The Morgan fingerprint density at radius 1 is 1.37 bits per heavy atom. The summed E-state index contributed by atoms with van der Waals surface area (Å²) in [5, 5.41) is 12.5. The van der Waals surface area contributed by atoms with Crippen molar-refractivity contribution in [1.82, 2.24) is 4.90 Å². The van der Waals surface area contributed by atoms with Crippen LogP contribution in [0, 0.1) is 24.2 Å². The van der Waals surface area contributed by atoms with Gasteiger partial charge in [0.25, 0.3) is 0 Å². The Bertz CT molecular complexity index is 454. The van der Waals surface area contributed by atoms with E-state index in [1.165, 1.54) is 25.9 Å². The lowest BCUT2D eigenvalue weighted by Gasteiger charge is -2.30. The van der Waals surface area contributed by atoms with Crippen molar-refractivity contribution in [3.05, 3.63) is 29.3 Å². The Balaban J connectivity index is 1.81. The van der Waals surface area contributed by atoms with Crippen LogP contribution in [0.2, 0.25) is 0 Å². The SMILES string of the molecule is Cc1ccc(NCCN2CCC(C)CC2)c(C#N)c1. The van der Waals surface area contributed by atoms with Gasteiger partial charge < -0.3 is 10.2 Å². The summed E-state index contributed by atoms with van der Waals surface area (Å²) >= 11 is 0. The summed E-state index contributed by atoms with van der Waals surface area (Å²) in [7, 11) is 0. The molecule has 1 aromatic rings. The lowest BCUT2D eigenvalue weighted by atomic mass is 9.99. The maximum absolute atomic E-state index is 9.12. The summed E-state index contributed by atoms with van der Waals surface area (Å²) in [4.78, 5) is 2.51. The predicted octanol–water partition coefficient (Wildman–Crippen LogP) is 3.01. The van der Waals surface area contributed by atoms with Crippen LogP contribution in [0.5, 0.6) is 0 Å². The van der Waals surface area contributed by atoms with Crippen LogP contribution < -0.4 is 5.32 Å². The number of aryl methyl sites for hydroxylation is 1. The van der Waals surface area contributed by atoms with Crippen LogP contribution in [0.3, 0.4) is 0 Å². The van der Waals surface area contributed by atoms with E-state index in [1.807, 2.05) is 25.1 Å². The van der Waals surface area contributed by atoms with Crippen molar-refractivity contribution in [2.24, 2.45) is 5.92 Å². The van der Waals surface area contributed by atoms with Crippen LogP contribution in [-0.4, -0.2) is 31.1 Å². The first kappa shape index (κ1) is 13.9. The molecule has 0 unspecified atom stereocenters. The highest BCUT2D eigenvalue weighted by molar-refractivity contribution is 5.58. The average Bonchev–Trinajstić information content (AvgIpc) is 2.42. The fraction of sp³-hybridized carbons (Fsp3) is 0.562. The summed E-state index contributed by atoms with van der Waals surface area (Å²) in [6.07, 6.45) is 2.63. The Kier molecular flexibility index (Phi) is 4.81. The topological polar surface area (TPSA) is 39.1 Å². The number of nitriles is 1. The van der Waals surface area contributed by atoms with Gasteiger partial charge in [-0.05, 0) is 56.5 Å². The van der Waals surface area contributed by atoms with Crippen LogP contribution in [0.25, 0.3) is 0 Å². The van der Waals surface area contributed by atoms with Crippen molar-refractivity contribution in [3.8, 4) is 6.07 Å². The molecule has 3 nitrogen and oxygen atoms in total. The highest BCUT2D eigenvalue weighted by atomic mass is 15.1. The smallest absolute Gasteiger partial charge is 0.101 e. The number of nitrogens with one attached hydrogen (secondary N) is 1. The molecule has 0 radical (unpaired) electrons. The highest BCUT2D eigenvalue weighted by Crippen LogP contribution is 2.17. The van der Waals surface area contributed by atoms with Crippen LogP contribution in [0.1, 0.15) is 30.9 Å². The van der Waals surface area contributed by atoms with Gasteiger partial charge in [0.05, 0.1) is 11.3 Å². The van der Waals surface area contributed by atoms with E-state index in [1.54, 1.807) is 0 Å². The Labute approximate surface area is 116 Å². The van der Waals surface area contributed by atoms with Crippen LogP contribution >= 0.6 is 0 Å². The molecule has 2 rings (SSSR count). The van der Waals surface area contributed by atoms with Crippen molar-refractivity contribution in [2.75, 3.05) is 31.5 Å². The van der Waals surface area contributed by atoms with Gasteiger partial charge in [0.15, 0.2) is 0 Å². The normalized spacial score (nSPS) is 17.1. The second-order valence-electron chi connectivity index (χ2n) is 5.61. The number of anilines is 1. The number of hydrogen-bond donors (Lipinski definition) is 1. The van der Waals surface area contributed by atoms with Crippen LogP contribution in [-0.2, 0) is 0 Å². The molecule has 0 aliphatic carbocycles. The number of benzene rings is 1. The molecule has 1 saturated heterocycles. The number of likely N-dealkylation sites (tertiary alicyclic amines) is 1. The molecular weight excluding hydrogens is 234 g/mol. The van der Waals surface area contributed by atoms with Crippen molar-refractivity contribution >= 4 is 5.69 Å². The molecule has 1 heterocycles. The third-order valence-corrected chi connectivity index (χ3v) is 3.92. The molecule has 0 aromatic heterocycles. The molecule has 3 heteroatoms. The summed E-state index contributed by atoms with van der Waals surface area (Å²) in [5.74, 6) is 0.881. The first-order valence-electron chi connectivity index (χ1n) is 7.16. The Morgan fingerprint density at radius 3 is 2.79 bits per heavy atom. The molecule has 1 aliphatic heterocycles. The lowest BCUT2D eigenvalue weighted by Crippen LogP contribution is -2.36. The number of piperidine rings is 1. The van der Waals surface area contributed by atoms with E-state index in [0.717, 1.165) is 35.8 Å². The number of rotatable bonds is 4. The van der Waals surface area contributed by atoms with Crippen molar-refractivity contribution in [1.29, 1.82) is 5.26 Å². The first-order chi connectivity index (χ1) is 9.19. The molecule has 0 amide bonds. The van der Waals surface area contributed by atoms with Gasteiger partial charge in [-0.15, -0.1) is 0 Å². The summed E-state index contributed by atoms with van der Waals surface area (Å²) in [6, 6.07) is 8.24. The third-order valence-electron chi connectivity index (χ3n) is 3.92. The Hall–Kier alpha value is -1.53. The van der Waals surface area contributed by atoms with Gasteiger partial charge in [0.2, 0.25) is 0 Å². The zero-order valence-electron chi connectivity index (χ0n) is 11.9. The molecule has 1 aromatic carbocycles. The van der Waals surface area contributed by atoms with E-state index in [9.17, 15) is 0 Å². The maximum Gasteiger partial charge on any atom is 0.101 e. The van der Waals surface area contributed by atoms with Gasteiger partial charge in [-0.1, -0.05) is 13.0 Å². The molecule has 1 aliphatic rings. The summed E-state index contributed by atoms with van der Waals surface area (Å²) in [5.41, 5.74) is 2.83. The zero-order chi connectivity index (χ0) is 13.7. The van der Waals surface area contributed by atoms with E-state index in [-0.39, 0.29) is 0 Å². The molecule has 1 N–H and O–H groups in total. The minimum Gasteiger partial charge on any atom is -0.383 e. The monoisotopic (exact) mass is 257 g/mol. The van der Waals surface area contributed by atoms with Crippen LogP contribution in [0.15, 0.2) is 18.2 Å². The number of hydrogen-bond acceptors (Lipinski definition) is 3.